The lowest BCUT2D eigenvalue weighted by Crippen LogP contribution is -2.64. The fraction of sp³-hybridized carbons (Fsp3) is 0.857. The second kappa shape index (κ2) is 8.93. The molecule has 9 atom stereocenters. The first kappa shape index (κ1) is 25.4. The van der Waals surface area contributed by atoms with Crippen LogP contribution in [0.15, 0.2) is 11.6 Å². The van der Waals surface area contributed by atoms with Crippen molar-refractivity contribution in [2.75, 3.05) is 40.0 Å². The number of carboxylic acids is 1. The number of methoxy groups -OCH3 is 1. The van der Waals surface area contributed by atoms with Gasteiger partial charge in [0.05, 0.1) is 24.7 Å². The molecule has 5 rings (SSSR count). The molecule has 196 valence electrons. The summed E-state index contributed by atoms with van der Waals surface area (Å²) in [7, 11) is 1.71. The molecule has 0 spiro atoms. The molecule has 0 radical (unpaired) electrons. The van der Waals surface area contributed by atoms with Crippen LogP contribution in [0.5, 0.6) is 0 Å². The number of ether oxygens (including phenoxy) is 3. The molecular formula is C28H43NO6. The van der Waals surface area contributed by atoms with Gasteiger partial charge in [-0.15, -0.1) is 0 Å². The number of fused-ring (bicyclic) bond motifs is 2. The monoisotopic (exact) mass is 489 g/mol. The largest absolute Gasteiger partial charge is 0.481 e. The van der Waals surface area contributed by atoms with Crippen molar-refractivity contribution in [3.63, 3.8) is 0 Å². The third kappa shape index (κ3) is 3.30. The van der Waals surface area contributed by atoms with Crippen molar-refractivity contribution in [2.45, 2.75) is 65.8 Å². The highest BCUT2D eigenvalue weighted by atomic mass is 16.7. The zero-order chi connectivity index (χ0) is 25.2. The minimum Gasteiger partial charge on any atom is -0.481 e. The van der Waals surface area contributed by atoms with Gasteiger partial charge in [-0.3, -0.25) is 9.69 Å². The van der Waals surface area contributed by atoms with Gasteiger partial charge in [-0.1, -0.05) is 38.8 Å². The Labute approximate surface area is 209 Å². The van der Waals surface area contributed by atoms with E-state index in [1.807, 2.05) is 6.92 Å². The van der Waals surface area contributed by atoms with E-state index < -0.39 is 28.5 Å². The molecule has 7 nitrogen and oxygen atoms in total. The van der Waals surface area contributed by atoms with E-state index in [2.05, 4.69) is 31.7 Å². The number of nitrogens with zero attached hydrogens (tertiary/aromatic N) is 1. The van der Waals surface area contributed by atoms with E-state index in [0.717, 1.165) is 44.2 Å². The van der Waals surface area contributed by atoms with Crippen molar-refractivity contribution in [2.24, 2.45) is 45.8 Å². The van der Waals surface area contributed by atoms with Gasteiger partial charge in [0.1, 0.15) is 11.7 Å². The zero-order valence-corrected chi connectivity index (χ0v) is 22.0. The van der Waals surface area contributed by atoms with Crippen molar-refractivity contribution in [3.05, 3.63) is 11.6 Å². The molecule has 1 unspecified atom stereocenters. The molecule has 4 fully saturated rings. The van der Waals surface area contributed by atoms with Crippen LogP contribution >= 0.6 is 0 Å². The van der Waals surface area contributed by atoms with Crippen LogP contribution in [0.1, 0.15) is 53.4 Å². The molecule has 7 heteroatoms. The van der Waals surface area contributed by atoms with Gasteiger partial charge in [-0.05, 0) is 55.8 Å². The van der Waals surface area contributed by atoms with E-state index in [-0.39, 0.29) is 23.9 Å². The second-order valence-electron chi connectivity index (χ2n) is 12.4. The van der Waals surface area contributed by atoms with Crippen molar-refractivity contribution in [3.8, 4) is 0 Å². The highest BCUT2D eigenvalue weighted by Gasteiger charge is 2.84. The van der Waals surface area contributed by atoms with Crippen LogP contribution in [-0.4, -0.2) is 74.6 Å². The fourth-order valence-electron chi connectivity index (χ4n) is 9.36. The summed E-state index contributed by atoms with van der Waals surface area (Å²) in [4.78, 5) is 28.9. The van der Waals surface area contributed by atoms with Gasteiger partial charge in [0.25, 0.3) is 0 Å². The molecule has 35 heavy (non-hydrogen) atoms. The van der Waals surface area contributed by atoms with Crippen LogP contribution in [0.2, 0.25) is 0 Å². The van der Waals surface area contributed by atoms with Gasteiger partial charge in [-0.25, -0.2) is 0 Å². The number of carbonyl (C=O) groups excluding carboxylic acids is 1. The van der Waals surface area contributed by atoms with Gasteiger partial charge in [0, 0.05) is 32.2 Å². The van der Waals surface area contributed by atoms with Crippen LogP contribution in [0.4, 0.5) is 0 Å². The van der Waals surface area contributed by atoms with Crippen molar-refractivity contribution >= 4 is 12.3 Å². The van der Waals surface area contributed by atoms with Crippen LogP contribution in [0.25, 0.3) is 0 Å². The maximum Gasteiger partial charge on any atom is 0.315 e. The number of hydrogen-bond acceptors (Lipinski definition) is 6. The summed E-state index contributed by atoms with van der Waals surface area (Å²) in [5.41, 5.74) is -1.70. The standard InChI is InChI=1S/C28H43NO6/c1-17(2)23-10-20-11-26(15-30)22-7-6-18(3)21(22)12-27(20,28(23,26)25(31)32)16-34-24-14-29(8-9-33-5)13-19(4)35-24/h10,15,17-22,24H,6-9,11-14,16H2,1-5H3,(H,31,32)/t18-,19-,20+,21-,22-,24-,26+,27?,28+/m1/s1. The van der Waals surface area contributed by atoms with Crippen molar-refractivity contribution in [1.29, 1.82) is 0 Å². The lowest BCUT2D eigenvalue weighted by molar-refractivity contribution is -0.236. The third-order valence-corrected chi connectivity index (χ3v) is 10.6. The Hall–Kier alpha value is -1.28. The van der Waals surface area contributed by atoms with Gasteiger partial charge in [-0.2, -0.15) is 0 Å². The average molecular weight is 490 g/mol. The number of carbonyl (C=O) groups is 2. The van der Waals surface area contributed by atoms with E-state index in [0.29, 0.717) is 38.0 Å². The number of allylic oxidation sites excluding steroid dienone is 1. The predicted molar refractivity (Wildman–Crippen MR) is 131 cm³/mol. The molecule has 0 aromatic heterocycles. The lowest BCUT2D eigenvalue weighted by Gasteiger charge is -2.58. The first-order valence-corrected chi connectivity index (χ1v) is 13.6. The molecule has 1 N–H and O–H groups in total. The number of aliphatic carboxylic acids is 1. The van der Waals surface area contributed by atoms with E-state index in [1.54, 1.807) is 7.11 Å². The molecule has 1 aliphatic heterocycles. The highest BCUT2D eigenvalue weighted by molar-refractivity contribution is 5.90. The molecule has 0 amide bonds. The number of morpholine rings is 1. The van der Waals surface area contributed by atoms with E-state index in [9.17, 15) is 14.7 Å². The average Bonchev–Trinajstić information content (AvgIpc) is 3.38. The first-order chi connectivity index (χ1) is 16.7. The fourth-order valence-corrected chi connectivity index (χ4v) is 9.36. The van der Waals surface area contributed by atoms with Gasteiger partial charge in [0.15, 0.2) is 6.29 Å². The van der Waals surface area contributed by atoms with Crippen molar-refractivity contribution < 1.29 is 28.9 Å². The number of hydrogen-bond donors (Lipinski definition) is 1. The van der Waals surface area contributed by atoms with Crippen LogP contribution in [0, 0.1) is 45.8 Å². The molecule has 4 bridgehead atoms. The summed E-state index contributed by atoms with van der Waals surface area (Å²) in [6.45, 7) is 11.7. The molecule has 1 saturated heterocycles. The Morgan fingerprint density at radius 3 is 2.71 bits per heavy atom. The quantitative estimate of drug-likeness (QED) is 0.391. The maximum absolute atomic E-state index is 13.5. The second-order valence-corrected chi connectivity index (χ2v) is 12.4. The minimum absolute atomic E-state index is 0.0286. The smallest absolute Gasteiger partial charge is 0.315 e. The summed E-state index contributed by atoms with van der Waals surface area (Å²) in [6.07, 6.45) is 6.39. The zero-order valence-electron chi connectivity index (χ0n) is 22.0. The Morgan fingerprint density at radius 1 is 1.29 bits per heavy atom. The van der Waals surface area contributed by atoms with Gasteiger partial charge >= 0.3 is 5.97 Å². The molecule has 1 heterocycles. The Kier molecular flexibility index (Phi) is 6.47. The van der Waals surface area contributed by atoms with Gasteiger partial charge in [0.2, 0.25) is 0 Å². The van der Waals surface area contributed by atoms with Gasteiger partial charge < -0.3 is 24.1 Å². The molecule has 5 aliphatic rings. The summed E-state index contributed by atoms with van der Waals surface area (Å²) in [5.74, 6) is 0.296. The maximum atomic E-state index is 13.5. The first-order valence-electron chi connectivity index (χ1n) is 13.6. The van der Waals surface area contributed by atoms with Crippen LogP contribution in [0.3, 0.4) is 0 Å². The summed E-state index contributed by atoms with van der Waals surface area (Å²) in [6, 6.07) is 0. The number of aldehydes is 1. The predicted octanol–water partition coefficient (Wildman–Crippen LogP) is 3.62. The van der Waals surface area contributed by atoms with Crippen LogP contribution < -0.4 is 0 Å². The summed E-state index contributed by atoms with van der Waals surface area (Å²) < 4.78 is 18.0. The van der Waals surface area contributed by atoms with E-state index in [1.165, 1.54) is 0 Å². The molecule has 3 saturated carbocycles. The summed E-state index contributed by atoms with van der Waals surface area (Å²) >= 11 is 0. The third-order valence-electron chi connectivity index (χ3n) is 10.6. The molecule has 4 aliphatic carbocycles. The van der Waals surface area contributed by atoms with E-state index in [4.69, 9.17) is 14.2 Å². The molecule has 0 aromatic rings. The highest BCUT2D eigenvalue weighted by Crippen LogP contribution is 2.82. The Balaban J connectivity index is 1.51. The van der Waals surface area contributed by atoms with E-state index >= 15 is 0 Å². The topological polar surface area (TPSA) is 85.3 Å². The minimum atomic E-state index is -1.19. The summed E-state index contributed by atoms with van der Waals surface area (Å²) in [5, 5.41) is 11.1. The van der Waals surface area contributed by atoms with Crippen molar-refractivity contribution in [1.82, 2.24) is 4.90 Å². The Morgan fingerprint density at radius 2 is 2.06 bits per heavy atom. The Bertz CT molecular complexity index is 889. The molecule has 0 aromatic carbocycles. The number of rotatable bonds is 9. The van der Waals surface area contributed by atoms with Crippen LogP contribution in [-0.2, 0) is 23.8 Å². The number of carboxylic acid groups (broad SMARTS) is 1. The molecular weight excluding hydrogens is 446 g/mol. The normalized spacial score (nSPS) is 46.6. The SMILES string of the molecule is COCCN1C[C@H](OCC23C[C@@H]4[C@H](C)CC[C@H]4[C@@]4(C=O)C[C@@H]2C=C(C(C)C)[C@@]34C(=O)O)O[C@H](C)C1. The lowest BCUT2D eigenvalue weighted by atomic mass is 9.43.